The summed E-state index contributed by atoms with van der Waals surface area (Å²) >= 11 is 2.24. The van der Waals surface area contributed by atoms with Crippen LogP contribution >= 0.6 is 22.6 Å². The first-order valence-corrected chi connectivity index (χ1v) is 9.99. The molecule has 0 atom stereocenters. The normalized spacial score (nSPS) is 11.1. The van der Waals surface area contributed by atoms with E-state index >= 15 is 0 Å². The van der Waals surface area contributed by atoms with Crippen molar-refractivity contribution >= 4 is 22.6 Å². The zero-order chi connectivity index (χ0) is 21.0. The third-order valence-electron chi connectivity index (χ3n) is 4.86. The van der Waals surface area contributed by atoms with Gasteiger partial charge in [0.25, 0.3) is 0 Å². The highest BCUT2D eigenvalue weighted by Crippen LogP contribution is 2.46. The Morgan fingerprint density at radius 3 is 1.48 bits per heavy atom. The molecule has 3 aromatic carbocycles. The highest BCUT2D eigenvalue weighted by Gasteiger charge is 2.39. The summed E-state index contributed by atoms with van der Waals surface area (Å²) in [5.41, 5.74) is 0.306. The van der Waals surface area contributed by atoms with E-state index in [9.17, 15) is 5.11 Å². The lowest BCUT2D eigenvalue weighted by Crippen LogP contribution is -2.30. The second-order valence-electron chi connectivity index (χ2n) is 6.35. The molecule has 0 saturated heterocycles. The lowest BCUT2D eigenvalue weighted by atomic mass is 9.79. The van der Waals surface area contributed by atoms with Gasteiger partial charge >= 0.3 is 0 Å². The fourth-order valence-corrected chi connectivity index (χ4v) is 3.70. The highest BCUT2D eigenvalue weighted by molar-refractivity contribution is 14.1. The number of hydrogen-bond acceptors (Lipinski definition) is 5. The molecule has 0 aliphatic rings. The molecule has 0 radical (unpaired) electrons. The van der Waals surface area contributed by atoms with E-state index in [1.807, 2.05) is 24.3 Å². The van der Waals surface area contributed by atoms with Gasteiger partial charge in [0.05, 0.1) is 28.4 Å². The minimum absolute atomic E-state index is 0.503. The first-order chi connectivity index (χ1) is 14.0. The summed E-state index contributed by atoms with van der Waals surface area (Å²) in [7, 11) is 6.31. The number of rotatable bonds is 7. The number of aliphatic hydroxyl groups is 1. The molecule has 3 rings (SSSR count). The lowest BCUT2D eigenvalue weighted by Gasteiger charge is -2.32. The molecule has 0 spiro atoms. The molecule has 0 aliphatic carbocycles. The van der Waals surface area contributed by atoms with E-state index in [1.165, 1.54) is 0 Å². The summed E-state index contributed by atoms with van der Waals surface area (Å²) < 4.78 is 22.9. The van der Waals surface area contributed by atoms with Gasteiger partial charge in [-0.05, 0) is 64.6 Å². The highest BCUT2D eigenvalue weighted by atomic mass is 127. The van der Waals surface area contributed by atoms with Crippen LogP contribution in [0.25, 0.3) is 0 Å². The van der Waals surface area contributed by atoms with Crippen LogP contribution in [0.3, 0.4) is 0 Å². The zero-order valence-corrected chi connectivity index (χ0v) is 18.9. The smallest absolute Gasteiger partial charge is 0.147 e. The summed E-state index contributed by atoms with van der Waals surface area (Å²) in [6.07, 6.45) is 0. The van der Waals surface area contributed by atoms with Crippen LogP contribution in [0.1, 0.15) is 16.7 Å². The predicted molar refractivity (Wildman–Crippen MR) is 120 cm³/mol. The van der Waals surface area contributed by atoms with Crippen molar-refractivity contribution < 1.29 is 24.1 Å². The van der Waals surface area contributed by atoms with Crippen LogP contribution in [0.4, 0.5) is 0 Å². The maximum Gasteiger partial charge on any atom is 0.147 e. The van der Waals surface area contributed by atoms with Gasteiger partial charge in [-0.2, -0.15) is 0 Å². The Hall–Kier alpha value is -2.45. The molecule has 5 nitrogen and oxygen atoms in total. The molecule has 29 heavy (non-hydrogen) atoms. The van der Waals surface area contributed by atoms with E-state index < -0.39 is 5.60 Å². The van der Waals surface area contributed by atoms with Gasteiger partial charge in [-0.1, -0.05) is 12.1 Å². The molecule has 0 unspecified atom stereocenters. The summed E-state index contributed by atoms with van der Waals surface area (Å²) in [4.78, 5) is 0. The molecule has 0 fully saturated rings. The van der Waals surface area contributed by atoms with Crippen LogP contribution in [0.2, 0.25) is 0 Å². The van der Waals surface area contributed by atoms with E-state index in [-0.39, 0.29) is 0 Å². The van der Waals surface area contributed by atoms with Crippen molar-refractivity contribution in [3.8, 4) is 23.0 Å². The van der Waals surface area contributed by atoms with E-state index in [2.05, 4.69) is 22.6 Å². The summed E-state index contributed by atoms with van der Waals surface area (Å²) in [6.45, 7) is 0. The Bertz CT molecular complexity index is 930. The maximum absolute atomic E-state index is 12.2. The minimum Gasteiger partial charge on any atom is -0.497 e. The number of methoxy groups -OCH3 is 4. The molecular weight excluding hydrogens is 483 g/mol. The van der Waals surface area contributed by atoms with Crippen molar-refractivity contribution in [1.29, 1.82) is 0 Å². The van der Waals surface area contributed by atoms with Gasteiger partial charge in [-0.15, -0.1) is 0 Å². The van der Waals surface area contributed by atoms with Crippen LogP contribution in [-0.2, 0) is 5.60 Å². The van der Waals surface area contributed by atoms with Crippen molar-refractivity contribution in [1.82, 2.24) is 0 Å². The fourth-order valence-electron chi connectivity index (χ4n) is 3.34. The molecule has 152 valence electrons. The Balaban J connectivity index is 2.34. The molecule has 0 saturated carbocycles. The quantitative estimate of drug-likeness (QED) is 0.375. The molecule has 0 aromatic heterocycles. The summed E-state index contributed by atoms with van der Waals surface area (Å²) in [5.74, 6) is 2.28. The molecule has 6 heteroatoms. The molecular formula is C23H23IO5. The van der Waals surface area contributed by atoms with Gasteiger partial charge < -0.3 is 24.1 Å². The second kappa shape index (κ2) is 8.92. The molecule has 3 aromatic rings. The van der Waals surface area contributed by atoms with Crippen LogP contribution in [0, 0.1) is 3.57 Å². The molecule has 0 aliphatic heterocycles. The molecule has 0 bridgehead atoms. The minimum atomic E-state index is -1.53. The number of halogens is 1. The Morgan fingerprint density at radius 2 is 1.10 bits per heavy atom. The number of ether oxygens (including phenoxy) is 4. The standard InChI is InChI=1S/C23H23IO5/c1-26-17-9-11-19(21(13-17)28-3)23(25,15-5-7-16(24)8-6-15)20-12-10-18(27-2)14-22(20)29-4/h5-14,25H,1-4H3. The van der Waals surface area contributed by atoms with Crippen molar-refractivity contribution in [3.63, 3.8) is 0 Å². The first-order valence-electron chi connectivity index (χ1n) is 8.91. The lowest BCUT2D eigenvalue weighted by molar-refractivity contribution is 0.118. The summed E-state index contributed by atoms with van der Waals surface area (Å²) in [5, 5.41) is 12.2. The van der Waals surface area contributed by atoms with E-state index in [0.717, 1.165) is 3.57 Å². The molecule has 0 heterocycles. The van der Waals surface area contributed by atoms with E-state index in [1.54, 1.807) is 64.8 Å². The van der Waals surface area contributed by atoms with Gasteiger partial charge in [0.2, 0.25) is 0 Å². The van der Waals surface area contributed by atoms with Crippen molar-refractivity contribution in [3.05, 3.63) is 80.9 Å². The summed E-state index contributed by atoms with van der Waals surface area (Å²) in [6, 6.07) is 18.4. The van der Waals surface area contributed by atoms with E-state index in [4.69, 9.17) is 18.9 Å². The van der Waals surface area contributed by atoms with Gasteiger partial charge in [0, 0.05) is 26.8 Å². The number of benzene rings is 3. The van der Waals surface area contributed by atoms with Crippen LogP contribution in [-0.4, -0.2) is 33.5 Å². The van der Waals surface area contributed by atoms with Crippen LogP contribution in [0.15, 0.2) is 60.7 Å². The average Bonchev–Trinajstić information content (AvgIpc) is 2.78. The second-order valence-corrected chi connectivity index (χ2v) is 7.60. The van der Waals surface area contributed by atoms with Crippen LogP contribution in [0.5, 0.6) is 23.0 Å². The molecule has 0 amide bonds. The van der Waals surface area contributed by atoms with E-state index in [0.29, 0.717) is 39.7 Å². The molecule has 1 N–H and O–H groups in total. The van der Waals surface area contributed by atoms with Gasteiger partial charge in [0.1, 0.15) is 28.6 Å². The third-order valence-corrected chi connectivity index (χ3v) is 5.58. The van der Waals surface area contributed by atoms with Crippen molar-refractivity contribution in [2.45, 2.75) is 5.60 Å². The van der Waals surface area contributed by atoms with Crippen LogP contribution < -0.4 is 18.9 Å². The topological polar surface area (TPSA) is 57.2 Å². The first kappa shape index (κ1) is 21.3. The van der Waals surface area contributed by atoms with Gasteiger partial charge in [-0.3, -0.25) is 0 Å². The Labute approximate surface area is 184 Å². The SMILES string of the molecule is COc1ccc(C(O)(c2ccc(I)cc2)c2ccc(OC)cc2OC)c(OC)c1. The predicted octanol–water partition coefficient (Wildman–Crippen LogP) is 4.61. The Morgan fingerprint density at radius 1 is 0.655 bits per heavy atom. The zero-order valence-electron chi connectivity index (χ0n) is 16.7. The van der Waals surface area contributed by atoms with Crippen molar-refractivity contribution in [2.75, 3.05) is 28.4 Å². The van der Waals surface area contributed by atoms with Gasteiger partial charge in [0.15, 0.2) is 0 Å². The van der Waals surface area contributed by atoms with Crippen molar-refractivity contribution in [2.24, 2.45) is 0 Å². The third kappa shape index (κ3) is 4.00. The Kier molecular flexibility index (Phi) is 6.54. The average molecular weight is 506 g/mol. The number of hydrogen-bond donors (Lipinski definition) is 1. The fraction of sp³-hybridized carbons (Fsp3) is 0.217. The van der Waals surface area contributed by atoms with Gasteiger partial charge in [-0.25, -0.2) is 0 Å². The largest absolute Gasteiger partial charge is 0.497 e. The monoisotopic (exact) mass is 506 g/mol. The maximum atomic E-state index is 12.2.